The molecule has 0 saturated heterocycles. The van der Waals surface area contributed by atoms with Crippen molar-refractivity contribution in [3.63, 3.8) is 0 Å². The van der Waals surface area contributed by atoms with Gasteiger partial charge in [-0.1, -0.05) is 28.1 Å². The monoisotopic (exact) mass is 375 g/mol. The van der Waals surface area contributed by atoms with Crippen LogP contribution in [0, 0.1) is 0 Å². The molecule has 0 amide bonds. The fourth-order valence-corrected chi connectivity index (χ4v) is 3.50. The molecule has 0 radical (unpaired) electrons. The van der Waals surface area contributed by atoms with Crippen molar-refractivity contribution in [1.82, 2.24) is 4.90 Å². The minimum absolute atomic E-state index is 0.304. The summed E-state index contributed by atoms with van der Waals surface area (Å²) in [6, 6.07) is 11.9. The Morgan fingerprint density at radius 3 is 2.57 bits per heavy atom. The molecule has 120 valence electrons. The number of esters is 1. The number of halogens is 1. The molecule has 0 atom stereocenters. The first-order valence-corrected chi connectivity index (χ1v) is 8.15. The molecule has 1 aliphatic heterocycles. The van der Waals surface area contributed by atoms with Gasteiger partial charge in [0.25, 0.3) is 0 Å². The van der Waals surface area contributed by atoms with E-state index in [1.54, 1.807) is 7.11 Å². The highest BCUT2D eigenvalue weighted by molar-refractivity contribution is 9.10. The lowest BCUT2D eigenvalue weighted by Gasteiger charge is -2.15. The third-order valence-corrected chi connectivity index (χ3v) is 4.76. The summed E-state index contributed by atoms with van der Waals surface area (Å²) in [7, 11) is 3.07. The molecule has 0 spiro atoms. The van der Waals surface area contributed by atoms with Crippen molar-refractivity contribution in [2.24, 2.45) is 0 Å². The van der Waals surface area contributed by atoms with Gasteiger partial charge in [0.2, 0.25) is 0 Å². The van der Waals surface area contributed by atoms with Gasteiger partial charge in [0.05, 0.1) is 19.8 Å². The standard InChI is InChI=1S/C18H18BrNO3/c1-22-15-5-3-12(4-6-15)9-20-10-14-7-13(18(21)23-2)8-17(19)16(14)11-20/h3-8H,9-11H2,1-2H3. The number of rotatable bonds is 4. The smallest absolute Gasteiger partial charge is 0.337 e. The summed E-state index contributed by atoms with van der Waals surface area (Å²) >= 11 is 3.58. The molecule has 2 aromatic rings. The average Bonchev–Trinajstić information content (AvgIpc) is 2.98. The number of hydrogen-bond donors (Lipinski definition) is 0. The van der Waals surface area contributed by atoms with Gasteiger partial charge >= 0.3 is 5.97 Å². The van der Waals surface area contributed by atoms with Gasteiger partial charge in [0, 0.05) is 24.1 Å². The number of methoxy groups -OCH3 is 2. The molecule has 2 aromatic carbocycles. The highest BCUT2D eigenvalue weighted by atomic mass is 79.9. The zero-order valence-electron chi connectivity index (χ0n) is 13.1. The van der Waals surface area contributed by atoms with Crippen LogP contribution in [0.25, 0.3) is 0 Å². The van der Waals surface area contributed by atoms with Crippen molar-refractivity contribution in [2.75, 3.05) is 14.2 Å². The Labute approximate surface area is 144 Å². The molecule has 3 rings (SSSR count). The molecule has 0 aromatic heterocycles. The summed E-state index contributed by atoms with van der Waals surface area (Å²) in [5, 5.41) is 0. The van der Waals surface area contributed by atoms with Crippen LogP contribution in [-0.4, -0.2) is 25.1 Å². The Morgan fingerprint density at radius 1 is 1.17 bits per heavy atom. The van der Waals surface area contributed by atoms with E-state index in [1.165, 1.54) is 23.8 Å². The summed E-state index contributed by atoms with van der Waals surface area (Å²) in [6.07, 6.45) is 0. The Hall–Kier alpha value is -1.85. The van der Waals surface area contributed by atoms with Crippen LogP contribution >= 0.6 is 15.9 Å². The van der Waals surface area contributed by atoms with E-state index in [1.807, 2.05) is 24.3 Å². The molecule has 0 aliphatic carbocycles. The van der Waals surface area contributed by atoms with Gasteiger partial charge in [-0.05, 0) is 41.0 Å². The van der Waals surface area contributed by atoms with E-state index in [-0.39, 0.29) is 5.97 Å². The van der Waals surface area contributed by atoms with Crippen LogP contribution in [0.15, 0.2) is 40.9 Å². The molecule has 5 heteroatoms. The van der Waals surface area contributed by atoms with E-state index in [0.29, 0.717) is 5.56 Å². The van der Waals surface area contributed by atoms with Crippen molar-refractivity contribution in [1.29, 1.82) is 0 Å². The van der Waals surface area contributed by atoms with E-state index < -0.39 is 0 Å². The van der Waals surface area contributed by atoms with Crippen molar-refractivity contribution < 1.29 is 14.3 Å². The van der Waals surface area contributed by atoms with E-state index in [4.69, 9.17) is 9.47 Å². The lowest BCUT2D eigenvalue weighted by molar-refractivity contribution is 0.0600. The molecule has 0 unspecified atom stereocenters. The fourth-order valence-electron chi connectivity index (χ4n) is 2.87. The number of benzene rings is 2. The van der Waals surface area contributed by atoms with Gasteiger partial charge in [-0.15, -0.1) is 0 Å². The molecule has 1 heterocycles. The highest BCUT2D eigenvalue weighted by Gasteiger charge is 2.23. The fraction of sp³-hybridized carbons (Fsp3) is 0.278. The van der Waals surface area contributed by atoms with Gasteiger partial charge in [-0.3, -0.25) is 4.90 Å². The first kappa shape index (κ1) is 16.0. The van der Waals surface area contributed by atoms with Gasteiger partial charge in [0.1, 0.15) is 5.75 Å². The van der Waals surface area contributed by atoms with Crippen LogP contribution < -0.4 is 4.74 Å². The lowest BCUT2D eigenvalue weighted by Crippen LogP contribution is -2.15. The summed E-state index contributed by atoms with van der Waals surface area (Å²) in [5.74, 6) is 0.561. The summed E-state index contributed by atoms with van der Waals surface area (Å²) in [6.45, 7) is 2.55. The van der Waals surface area contributed by atoms with Crippen molar-refractivity contribution in [3.05, 3.63) is 63.1 Å². The first-order valence-electron chi connectivity index (χ1n) is 7.35. The minimum Gasteiger partial charge on any atom is -0.497 e. The van der Waals surface area contributed by atoms with Crippen LogP contribution in [0.1, 0.15) is 27.0 Å². The molecule has 0 fully saturated rings. The molecule has 0 bridgehead atoms. The van der Waals surface area contributed by atoms with E-state index in [0.717, 1.165) is 29.9 Å². The highest BCUT2D eigenvalue weighted by Crippen LogP contribution is 2.32. The van der Waals surface area contributed by atoms with Gasteiger partial charge in [0.15, 0.2) is 0 Å². The molecule has 1 aliphatic rings. The maximum atomic E-state index is 11.7. The second-order valence-corrected chi connectivity index (χ2v) is 6.43. The number of carbonyl (C=O) groups excluding carboxylic acids is 1. The minimum atomic E-state index is -0.304. The Bertz CT molecular complexity index is 728. The molecule has 0 saturated carbocycles. The number of ether oxygens (including phenoxy) is 2. The van der Waals surface area contributed by atoms with Crippen LogP contribution in [0.4, 0.5) is 0 Å². The van der Waals surface area contributed by atoms with E-state index in [2.05, 4.69) is 33.0 Å². The molecular formula is C18H18BrNO3. The van der Waals surface area contributed by atoms with Crippen molar-refractivity contribution in [3.8, 4) is 5.75 Å². The van der Waals surface area contributed by atoms with Gasteiger partial charge in [-0.25, -0.2) is 4.79 Å². The second kappa shape index (κ2) is 6.72. The average molecular weight is 376 g/mol. The van der Waals surface area contributed by atoms with Crippen LogP contribution in [0.2, 0.25) is 0 Å². The summed E-state index contributed by atoms with van der Waals surface area (Å²) in [5.41, 5.74) is 4.24. The number of fused-ring (bicyclic) bond motifs is 1. The van der Waals surface area contributed by atoms with Crippen molar-refractivity contribution in [2.45, 2.75) is 19.6 Å². The predicted molar refractivity (Wildman–Crippen MR) is 91.4 cm³/mol. The maximum Gasteiger partial charge on any atom is 0.337 e. The topological polar surface area (TPSA) is 38.8 Å². The van der Waals surface area contributed by atoms with Gasteiger partial charge < -0.3 is 9.47 Å². The largest absolute Gasteiger partial charge is 0.497 e. The van der Waals surface area contributed by atoms with Crippen LogP contribution in [0.5, 0.6) is 5.75 Å². The number of hydrogen-bond acceptors (Lipinski definition) is 4. The normalized spacial score (nSPS) is 13.7. The van der Waals surface area contributed by atoms with Crippen LogP contribution in [0.3, 0.4) is 0 Å². The van der Waals surface area contributed by atoms with Gasteiger partial charge in [-0.2, -0.15) is 0 Å². The molecule has 0 N–H and O–H groups in total. The van der Waals surface area contributed by atoms with E-state index in [9.17, 15) is 4.79 Å². The van der Waals surface area contributed by atoms with Crippen molar-refractivity contribution >= 4 is 21.9 Å². The Balaban J connectivity index is 1.75. The zero-order chi connectivity index (χ0) is 16.4. The maximum absolute atomic E-state index is 11.7. The first-order chi connectivity index (χ1) is 11.1. The third-order valence-electron chi connectivity index (χ3n) is 4.05. The van der Waals surface area contributed by atoms with Crippen LogP contribution in [-0.2, 0) is 24.4 Å². The predicted octanol–water partition coefficient (Wildman–Crippen LogP) is 3.76. The quantitative estimate of drug-likeness (QED) is 0.762. The third kappa shape index (κ3) is 3.41. The lowest BCUT2D eigenvalue weighted by atomic mass is 10.1. The van der Waals surface area contributed by atoms with E-state index >= 15 is 0 Å². The molecule has 4 nitrogen and oxygen atoms in total. The SMILES string of the molecule is COC(=O)c1cc(Br)c2c(c1)CN(Cc1ccc(OC)cc1)C2. The molecule has 23 heavy (non-hydrogen) atoms. The summed E-state index contributed by atoms with van der Waals surface area (Å²) in [4.78, 5) is 14.1. The Kier molecular flexibility index (Phi) is 4.68. The molecular weight excluding hydrogens is 358 g/mol. The zero-order valence-corrected chi connectivity index (χ0v) is 14.7. The number of carbonyl (C=O) groups is 1. The summed E-state index contributed by atoms with van der Waals surface area (Å²) < 4.78 is 11.0. The Morgan fingerprint density at radius 2 is 1.91 bits per heavy atom. The second-order valence-electron chi connectivity index (χ2n) is 5.58. The number of nitrogens with zero attached hydrogens (tertiary/aromatic N) is 1.